The summed E-state index contributed by atoms with van der Waals surface area (Å²) >= 11 is 0. The minimum absolute atomic E-state index is 0.0183. The molecule has 0 bridgehead atoms. The first-order valence-corrected chi connectivity index (χ1v) is 25.6. The number of phosphoric acid groups is 1. The van der Waals surface area contributed by atoms with Gasteiger partial charge in [-0.25, -0.2) is 0 Å². The van der Waals surface area contributed by atoms with Gasteiger partial charge in [0.05, 0.1) is 34.4 Å². The molecule has 2 unspecified atom stereocenters. The number of rotatable bonds is 44. The molecule has 0 aromatic carbocycles. The Kier molecular flexibility index (Phi) is 42.1. The fraction of sp³-hybridized carbons (Fsp3) is 0.745. The molecule has 9 heteroatoms. The lowest BCUT2D eigenvalue weighted by atomic mass is 10.1. The van der Waals surface area contributed by atoms with E-state index in [2.05, 4.69) is 86.8 Å². The SMILES string of the molecule is CC/C=C\C/C=C\C/C=C\C/C=C\CCCCCCCCC(=O)OC(COCCCCCCCCCC/C=C\C/C=C\CCCCCC)COP(=O)([O-])OCC[N+](C)(C)C. The zero-order valence-corrected chi connectivity index (χ0v) is 40.3. The fourth-order valence-electron chi connectivity index (χ4n) is 6.27. The number of esters is 1. The number of hydrogen-bond donors (Lipinski definition) is 0. The summed E-state index contributed by atoms with van der Waals surface area (Å²) < 4.78 is 34.7. The van der Waals surface area contributed by atoms with Gasteiger partial charge in [-0.3, -0.25) is 9.36 Å². The van der Waals surface area contributed by atoms with Gasteiger partial charge in [-0.1, -0.05) is 170 Å². The summed E-state index contributed by atoms with van der Waals surface area (Å²) in [6.45, 7) is 5.24. The number of unbranched alkanes of at least 4 members (excludes halogenated alkanes) is 18. The highest BCUT2D eigenvalue weighted by Gasteiger charge is 2.20. The molecule has 0 spiro atoms. The molecule has 0 aliphatic rings. The highest BCUT2D eigenvalue weighted by molar-refractivity contribution is 7.45. The first-order valence-electron chi connectivity index (χ1n) is 24.2. The minimum atomic E-state index is -4.54. The van der Waals surface area contributed by atoms with Crippen LogP contribution in [0.15, 0.2) is 72.9 Å². The van der Waals surface area contributed by atoms with Crippen LogP contribution in [-0.2, 0) is 27.9 Å². The summed E-state index contributed by atoms with van der Waals surface area (Å²) in [7, 11) is 1.33. The molecule has 348 valence electrons. The lowest BCUT2D eigenvalue weighted by Gasteiger charge is -2.28. The number of hydrogen-bond acceptors (Lipinski definition) is 7. The Bertz CT molecular complexity index is 1190. The van der Waals surface area contributed by atoms with Crippen LogP contribution in [0.3, 0.4) is 0 Å². The molecule has 0 saturated heterocycles. The average molecular weight is 862 g/mol. The van der Waals surface area contributed by atoms with Crippen LogP contribution in [-0.4, -0.2) is 70.7 Å². The third kappa shape index (κ3) is 47.0. The van der Waals surface area contributed by atoms with Gasteiger partial charge in [-0.15, -0.1) is 0 Å². The Labute approximate surface area is 370 Å². The molecular weight excluding hydrogens is 770 g/mol. The van der Waals surface area contributed by atoms with Gasteiger partial charge in [0.25, 0.3) is 7.82 Å². The van der Waals surface area contributed by atoms with Crippen molar-refractivity contribution in [2.45, 2.75) is 193 Å². The zero-order chi connectivity index (χ0) is 44.1. The van der Waals surface area contributed by atoms with Gasteiger partial charge >= 0.3 is 5.97 Å². The van der Waals surface area contributed by atoms with E-state index >= 15 is 0 Å². The summed E-state index contributed by atoms with van der Waals surface area (Å²) in [5, 5.41) is 0. The molecule has 8 nitrogen and oxygen atoms in total. The Balaban J connectivity index is 4.24. The summed E-state index contributed by atoms with van der Waals surface area (Å²) in [5.41, 5.74) is 0. The number of likely N-dealkylation sites (N-methyl/N-ethyl adjacent to an activating group) is 1. The van der Waals surface area contributed by atoms with Gasteiger partial charge < -0.3 is 27.9 Å². The first kappa shape index (κ1) is 57.9. The second-order valence-corrected chi connectivity index (χ2v) is 18.5. The number of nitrogens with zero attached hydrogens (tertiary/aromatic N) is 1. The van der Waals surface area contributed by atoms with Crippen molar-refractivity contribution in [3.8, 4) is 0 Å². The second-order valence-electron chi connectivity index (χ2n) is 17.1. The number of phosphoric ester groups is 1. The molecule has 0 rings (SSSR count). The van der Waals surface area contributed by atoms with Crippen molar-refractivity contribution in [3.05, 3.63) is 72.9 Å². The number of carbonyl (C=O) groups excluding carboxylic acids is 1. The van der Waals surface area contributed by atoms with Crippen LogP contribution in [0.4, 0.5) is 0 Å². The van der Waals surface area contributed by atoms with Gasteiger partial charge in [0, 0.05) is 13.0 Å². The number of allylic oxidation sites excluding steroid dienone is 12. The highest BCUT2D eigenvalue weighted by atomic mass is 31.2. The van der Waals surface area contributed by atoms with E-state index in [4.69, 9.17) is 18.5 Å². The van der Waals surface area contributed by atoms with Crippen molar-refractivity contribution in [2.75, 3.05) is 54.1 Å². The lowest BCUT2D eigenvalue weighted by molar-refractivity contribution is -0.870. The quantitative estimate of drug-likeness (QED) is 0.0198. The molecule has 60 heavy (non-hydrogen) atoms. The predicted octanol–water partition coefficient (Wildman–Crippen LogP) is 14.0. The van der Waals surface area contributed by atoms with Crippen LogP contribution in [0.2, 0.25) is 0 Å². The van der Waals surface area contributed by atoms with Crippen molar-refractivity contribution < 1.29 is 37.3 Å². The zero-order valence-electron chi connectivity index (χ0n) is 39.4. The number of carbonyl (C=O) groups is 1. The maximum atomic E-state index is 12.7. The second kappa shape index (κ2) is 43.6. The monoisotopic (exact) mass is 862 g/mol. The van der Waals surface area contributed by atoms with Gasteiger partial charge in [-0.2, -0.15) is 0 Å². The van der Waals surface area contributed by atoms with Gasteiger partial charge in [0.15, 0.2) is 0 Å². The Hall–Kier alpha value is -2.06. The largest absolute Gasteiger partial charge is 0.756 e. The number of ether oxygens (including phenoxy) is 2. The molecule has 0 fully saturated rings. The average Bonchev–Trinajstić information content (AvgIpc) is 3.20. The van der Waals surface area contributed by atoms with Crippen LogP contribution >= 0.6 is 7.82 Å². The van der Waals surface area contributed by atoms with Crippen molar-refractivity contribution in [2.24, 2.45) is 0 Å². The van der Waals surface area contributed by atoms with E-state index in [1.807, 2.05) is 21.1 Å². The maximum Gasteiger partial charge on any atom is 0.306 e. The van der Waals surface area contributed by atoms with Crippen LogP contribution < -0.4 is 4.89 Å². The molecule has 0 saturated carbocycles. The Morgan fingerprint density at radius 3 is 1.45 bits per heavy atom. The van der Waals surface area contributed by atoms with Crippen molar-refractivity contribution in [1.29, 1.82) is 0 Å². The van der Waals surface area contributed by atoms with Gasteiger partial charge in [-0.05, 0) is 83.5 Å². The van der Waals surface area contributed by atoms with Crippen LogP contribution in [0.5, 0.6) is 0 Å². The molecule has 0 heterocycles. The molecule has 0 aliphatic carbocycles. The molecule has 2 atom stereocenters. The third-order valence-electron chi connectivity index (χ3n) is 9.99. The first-order chi connectivity index (χ1) is 29.1. The summed E-state index contributed by atoms with van der Waals surface area (Å²) in [5.74, 6) is -0.352. The standard InChI is InChI=1S/C51H92NO7P/c1-6-8-10-12-14-16-18-20-22-24-26-28-30-32-34-36-38-40-42-44-51(53)59-50(49-58-60(54,55)57-47-45-52(3,4)5)48-56-46-43-41-39-37-35-33-31-29-27-25-23-21-19-17-15-13-11-9-7-2/h8,10,14,16-17,19-20,22-23,25-26,28,50H,6-7,9,11-13,15,18,21,24,27,29-49H2,1-5H3/b10-8-,16-14-,19-17-,22-20-,25-23-,28-26-. The van der Waals surface area contributed by atoms with Gasteiger partial charge in [0.2, 0.25) is 0 Å². The van der Waals surface area contributed by atoms with Crippen molar-refractivity contribution in [3.63, 3.8) is 0 Å². The van der Waals surface area contributed by atoms with Crippen LogP contribution in [0.1, 0.15) is 187 Å². The van der Waals surface area contributed by atoms with E-state index in [1.165, 1.54) is 89.9 Å². The molecule has 0 amide bonds. The molecule has 0 aromatic heterocycles. The van der Waals surface area contributed by atoms with E-state index in [0.717, 1.165) is 77.0 Å². The summed E-state index contributed by atoms with van der Waals surface area (Å²) in [6, 6.07) is 0. The Morgan fingerprint density at radius 2 is 0.967 bits per heavy atom. The van der Waals surface area contributed by atoms with Crippen molar-refractivity contribution >= 4 is 13.8 Å². The Morgan fingerprint density at radius 1 is 0.533 bits per heavy atom. The molecule has 0 radical (unpaired) electrons. The fourth-order valence-corrected chi connectivity index (χ4v) is 7.00. The van der Waals surface area contributed by atoms with Crippen LogP contribution in [0, 0.1) is 0 Å². The molecular formula is C51H92NO7P. The summed E-state index contributed by atoms with van der Waals surface area (Å²) in [6.07, 6.45) is 56.3. The molecule has 0 N–H and O–H groups in total. The van der Waals surface area contributed by atoms with E-state index in [9.17, 15) is 14.3 Å². The maximum absolute atomic E-state index is 12.7. The molecule has 0 aromatic rings. The minimum Gasteiger partial charge on any atom is -0.756 e. The third-order valence-corrected chi connectivity index (χ3v) is 11.0. The van der Waals surface area contributed by atoms with E-state index in [0.29, 0.717) is 24.1 Å². The van der Waals surface area contributed by atoms with E-state index < -0.39 is 13.9 Å². The number of quaternary nitrogens is 1. The summed E-state index contributed by atoms with van der Waals surface area (Å²) in [4.78, 5) is 25.1. The van der Waals surface area contributed by atoms with Gasteiger partial charge in [0.1, 0.15) is 19.3 Å². The van der Waals surface area contributed by atoms with E-state index in [-0.39, 0.29) is 25.8 Å². The smallest absolute Gasteiger partial charge is 0.306 e. The van der Waals surface area contributed by atoms with Crippen LogP contribution in [0.25, 0.3) is 0 Å². The predicted molar refractivity (Wildman–Crippen MR) is 254 cm³/mol. The van der Waals surface area contributed by atoms with Crippen molar-refractivity contribution in [1.82, 2.24) is 0 Å². The lowest BCUT2D eigenvalue weighted by Crippen LogP contribution is -2.37. The van der Waals surface area contributed by atoms with E-state index in [1.54, 1.807) is 0 Å². The normalized spacial score (nSPS) is 14.3. The molecule has 0 aliphatic heterocycles. The highest BCUT2D eigenvalue weighted by Crippen LogP contribution is 2.38. The topological polar surface area (TPSA) is 94.1 Å².